The first kappa shape index (κ1) is 16.3. The van der Waals surface area contributed by atoms with Crippen LogP contribution in [-0.2, 0) is 10.0 Å². The van der Waals surface area contributed by atoms with Gasteiger partial charge in [0.25, 0.3) is 0 Å². The van der Waals surface area contributed by atoms with E-state index in [0.717, 1.165) is 8.66 Å². The molecule has 110 valence electrons. The predicted molar refractivity (Wildman–Crippen MR) is 86.6 cm³/mol. The van der Waals surface area contributed by atoms with E-state index in [-0.39, 0.29) is 0 Å². The summed E-state index contributed by atoms with van der Waals surface area (Å²) < 4.78 is 27.1. The number of piperidine rings is 1. The average molecular weight is 395 g/mol. The van der Waals surface area contributed by atoms with Crippen molar-refractivity contribution in [3.63, 3.8) is 0 Å². The molecule has 1 aromatic rings. The molecule has 2 rings (SSSR count). The molecule has 1 saturated heterocycles. The minimum atomic E-state index is -3.44. The molecule has 0 unspecified atom stereocenters. The number of aryl methyl sites for hydroxylation is 1. The molecule has 2 heterocycles. The second-order valence-electron chi connectivity index (χ2n) is 4.69. The maximum atomic E-state index is 12.6. The van der Waals surface area contributed by atoms with Crippen LogP contribution in [0.5, 0.6) is 0 Å². The number of nitrogens with zero attached hydrogens (tertiary/aromatic N) is 2. The largest absolute Gasteiger partial charge is 0.244 e. The fraction of sp³-hybridized carbons (Fsp3) is 0.583. The number of thiophene rings is 1. The Hall–Kier alpha value is -0.0700. The van der Waals surface area contributed by atoms with E-state index in [0.29, 0.717) is 30.8 Å². The second-order valence-corrected chi connectivity index (χ2v) is 10.4. The highest BCUT2D eigenvalue weighted by molar-refractivity contribution is 9.11. The molecule has 20 heavy (non-hydrogen) atoms. The van der Waals surface area contributed by atoms with Crippen LogP contribution in [0.25, 0.3) is 0 Å². The molecule has 0 saturated carbocycles. The van der Waals surface area contributed by atoms with E-state index < -0.39 is 14.8 Å². The van der Waals surface area contributed by atoms with Gasteiger partial charge in [0.05, 0.1) is 14.8 Å². The molecule has 1 aliphatic rings. The van der Waals surface area contributed by atoms with E-state index >= 15 is 0 Å². The van der Waals surface area contributed by atoms with E-state index in [4.69, 9.17) is 0 Å². The molecule has 1 aromatic heterocycles. The highest BCUT2D eigenvalue weighted by Crippen LogP contribution is 2.37. The normalized spacial score (nSPS) is 19.7. The average Bonchev–Trinajstić information content (AvgIpc) is 2.78. The van der Waals surface area contributed by atoms with Crippen LogP contribution in [0.15, 0.2) is 14.7 Å². The summed E-state index contributed by atoms with van der Waals surface area (Å²) in [4.78, 5) is 1.17. The fourth-order valence-electron chi connectivity index (χ4n) is 2.28. The van der Waals surface area contributed by atoms with Crippen molar-refractivity contribution >= 4 is 49.1 Å². The third-order valence-electron chi connectivity index (χ3n) is 3.58. The fourth-order valence-corrected chi connectivity index (χ4v) is 6.78. The van der Waals surface area contributed by atoms with E-state index in [1.54, 1.807) is 6.07 Å². The third kappa shape index (κ3) is 2.92. The summed E-state index contributed by atoms with van der Waals surface area (Å²) in [5.74, 6) is 0. The van der Waals surface area contributed by atoms with Crippen molar-refractivity contribution in [3.8, 4) is 6.07 Å². The third-order valence-corrected chi connectivity index (χ3v) is 8.57. The number of thioether (sulfide) groups is 1. The number of hydrogen-bond donors (Lipinski definition) is 0. The van der Waals surface area contributed by atoms with Gasteiger partial charge in [0.15, 0.2) is 0 Å². The Kier molecular flexibility index (Phi) is 4.87. The smallest absolute Gasteiger partial charge is 0.207 e. The molecule has 0 radical (unpaired) electrons. The van der Waals surface area contributed by atoms with Gasteiger partial charge >= 0.3 is 0 Å². The second kappa shape index (κ2) is 5.97. The number of nitriles is 1. The lowest BCUT2D eigenvalue weighted by Gasteiger charge is -2.35. The molecule has 1 fully saturated rings. The SMILES string of the molecule is CSC1(C#N)CCN(S(=O)(=O)c2cc(Br)sc2C)CC1. The van der Waals surface area contributed by atoms with Gasteiger partial charge in [-0.15, -0.1) is 23.1 Å². The Morgan fingerprint density at radius 3 is 2.50 bits per heavy atom. The Morgan fingerprint density at radius 2 is 2.10 bits per heavy atom. The molecular weight excluding hydrogens is 380 g/mol. The standard InChI is InChI=1S/C12H15BrN2O2S3/c1-9-10(7-11(13)19-9)20(16,17)15-5-3-12(8-14,18-2)4-6-15/h7H,3-6H2,1-2H3. The lowest BCUT2D eigenvalue weighted by atomic mass is 9.99. The zero-order chi connectivity index (χ0) is 15.0. The molecule has 0 N–H and O–H groups in total. The first-order valence-corrected chi connectivity index (χ1v) is 10.3. The van der Waals surface area contributed by atoms with Gasteiger partial charge in [-0.1, -0.05) is 0 Å². The van der Waals surface area contributed by atoms with Gasteiger partial charge in [-0.3, -0.25) is 0 Å². The number of sulfonamides is 1. The van der Waals surface area contributed by atoms with E-state index in [1.165, 1.54) is 27.4 Å². The molecular formula is C12H15BrN2O2S3. The van der Waals surface area contributed by atoms with Gasteiger partial charge in [0.1, 0.15) is 4.75 Å². The molecule has 0 spiro atoms. The van der Waals surface area contributed by atoms with Crippen LogP contribution in [-0.4, -0.2) is 36.8 Å². The summed E-state index contributed by atoms with van der Waals surface area (Å²) in [6, 6.07) is 3.99. The van der Waals surface area contributed by atoms with Crippen LogP contribution in [0.4, 0.5) is 0 Å². The van der Waals surface area contributed by atoms with Gasteiger partial charge in [0.2, 0.25) is 10.0 Å². The Labute approximate surface area is 136 Å². The molecule has 0 aliphatic carbocycles. The van der Waals surface area contributed by atoms with Crippen LogP contribution in [0.3, 0.4) is 0 Å². The quantitative estimate of drug-likeness (QED) is 0.789. The van der Waals surface area contributed by atoms with Gasteiger partial charge in [-0.25, -0.2) is 8.42 Å². The highest BCUT2D eigenvalue weighted by Gasteiger charge is 2.38. The van der Waals surface area contributed by atoms with Gasteiger partial charge in [-0.05, 0) is 48.0 Å². The van der Waals surface area contributed by atoms with Crippen LogP contribution in [0.1, 0.15) is 17.7 Å². The van der Waals surface area contributed by atoms with Crippen molar-refractivity contribution < 1.29 is 8.42 Å². The maximum absolute atomic E-state index is 12.6. The zero-order valence-electron chi connectivity index (χ0n) is 11.2. The lowest BCUT2D eigenvalue weighted by molar-refractivity contribution is 0.327. The molecule has 0 aromatic carbocycles. The number of hydrogen-bond acceptors (Lipinski definition) is 5. The summed E-state index contributed by atoms with van der Waals surface area (Å²) in [5.41, 5.74) is 0. The van der Waals surface area contributed by atoms with Gasteiger partial charge < -0.3 is 0 Å². The van der Waals surface area contributed by atoms with Crippen molar-refractivity contribution in [2.45, 2.75) is 29.4 Å². The van der Waals surface area contributed by atoms with Crippen LogP contribution < -0.4 is 0 Å². The van der Waals surface area contributed by atoms with Crippen LogP contribution in [0, 0.1) is 18.3 Å². The predicted octanol–water partition coefficient (Wildman–Crippen LogP) is 3.23. The van der Waals surface area contributed by atoms with Crippen LogP contribution >= 0.6 is 39.0 Å². The molecule has 1 aliphatic heterocycles. The molecule has 0 atom stereocenters. The number of halogens is 1. The minimum absolute atomic E-state index is 0.378. The summed E-state index contributed by atoms with van der Waals surface area (Å²) in [7, 11) is -3.44. The minimum Gasteiger partial charge on any atom is -0.207 e. The molecule has 4 nitrogen and oxygen atoms in total. The van der Waals surface area contributed by atoms with E-state index in [1.807, 2.05) is 13.2 Å². The Bertz CT molecular complexity index is 640. The van der Waals surface area contributed by atoms with E-state index in [9.17, 15) is 13.7 Å². The Balaban J connectivity index is 2.22. The summed E-state index contributed by atoms with van der Waals surface area (Å²) in [5, 5.41) is 9.25. The maximum Gasteiger partial charge on any atom is 0.244 e. The highest BCUT2D eigenvalue weighted by atomic mass is 79.9. The first-order valence-electron chi connectivity index (χ1n) is 6.07. The van der Waals surface area contributed by atoms with Crippen molar-refractivity contribution in [1.82, 2.24) is 4.31 Å². The van der Waals surface area contributed by atoms with E-state index in [2.05, 4.69) is 22.0 Å². The first-order chi connectivity index (χ1) is 9.34. The number of rotatable bonds is 3. The van der Waals surface area contributed by atoms with Crippen molar-refractivity contribution in [1.29, 1.82) is 5.26 Å². The lowest BCUT2D eigenvalue weighted by Crippen LogP contribution is -2.44. The van der Waals surface area contributed by atoms with Crippen molar-refractivity contribution in [2.24, 2.45) is 0 Å². The molecule has 0 amide bonds. The van der Waals surface area contributed by atoms with Crippen molar-refractivity contribution in [2.75, 3.05) is 19.3 Å². The summed E-state index contributed by atoms with van der Waals surface area (Å²) in [6.07, 6.45) is 3.07. The molecule has 0 bridgehead atoms. The van der Waals surface area contributed by atoms with Crippen molar-refractivity contribution in [3.05, 3.63) is 14.7 Å². The Morgan fingerprint density at radius 1 is 1.50 bits per heavy atom. The van der Waals surface area contributed by atoms with Crippen LogP contribution in [0.2, 0.25) is 0 Å². The zero-order valence-corrected chi connectivity index (χ0v) is 15.3. The summed E-state index contributed by atoms with van der Waals surface area (Å²) in [6.45, 7) is 2.63. The molecule has 8 heteroatoms. The monoisotopic (exact) mass is 394 g/mol. The van der Waals surface area contributed by atoms with Gasteiger partial charge in [-0.2, -0.15) is 9.57 Å². The summed E-state index contributed by atoms with van der Waals surface area (Å²) >= 11 is 6.27. The van der Waals surface area contributed by atoms with Gasteiger partial charge in [0, 0.05) is 18.0 Å². The topological polar surface area (TPSA) is 61.2 Å².